The molecule has 7 heteroatoms. The second-order valence-corrected chi connectivity index (χ2v) is 7.55. The van der Waals surface area contributed by atoms with E-state index in [4.69, 9.17) is 16.3 Å². The summed E-state index contributed by atoms with van der Waals surface area (Å²) in [5.41, 5.74) is -0.895. The molecule has 0 aliphatic carbocycles. The number of carbonyl (C=O) groups is 1. The Morgan fingerprint density at radius 1 is 1.28 bits per heavy atom. The monoisotopic (exact) mass is 374 g/mol. The number of halogens is 3. The lowest BCUT2D eigenvalue weighted by atomic mass is 9.87. The second-order valence-electron chi connectivity index (χ2n) is 7.11. The Morgan fingerprint density at radius 3 is 2.48 bits per heavy atom. The number of rotatable bonds is 6. The number of alkyl halides is 2. The van der Waals surface area contributed by atoms with E-state index in [1.54, 1.807) is 0 Å². The molecule has 1 heterocycles. The summed E-state index contributed by atoms with van der Waals surface area (Å²) in [6, 6.07) is 5.28. The third-order valence-electron chi connectivity index (χ3n) is 4.33. The van der Waals surface area contributed by atoms with Gasteiger partial charge in [-0.3, -0.25) is 0 Å². The number of ether oxygens (including phenoxy) is 1. The average Bonchev–Trinajstić information content (AvgIpc) is 2.53. The molecule has 1 aromatic rings. The molecule has 1 aliphatic heterocycles. The summed E-state index contributed by atoms with van der Waals surface area (Å²) in [6.45, 7) is 4.72. The fourth-order valence-electron chi connectivity index (χ4n) is 3.09. The lowest BCUT2D eigenvalue weighted by molar-refractivity contribution is -0.0152. The molecular formula is C18H25ClF2N2O2. The Hall–Kier alpha value is -1.40. The van der Waals surface area contributed by atoms with E-state index in [0.29, 0.717) is 10.9 Å². The maximum absolute atomic E-state index is 14.1. The molecule has 0 atom stereocenters. The number of alkyl carbamates (subject to hydrolysis) is 1. The summed E-state index contributed by atoms with van der Waals surface area (Å²) >= 11 is 5.70. The fourth-order valence-corrected chi connectivity index (χ4v) is 3.21. The van der Waals surface area contributed by atoms with Crippen molar-refractivity contribution in [3.63, 3.8) is 0 Å². The second kappa shape index (κ2) is 8.32. The van der Waals surface area contributed by atoms with Gasteiger partial charge in [-0.05, 0) is 64.3 Å². The van der Waals surface area contributed by atoms with Crippen LogP contribution in [0, 0.1) is 5.92 Å². The molecule has 1 fully saturated rings. The molecule has 140 valence electrons. The first kappa shape index (κ1) is 19.9. The van der Waals surface area contributed by atoms with Gasteiger partial charge in [0.25, 0.3) is 5.92 Å². The Balaban J connectivity index is 1.83. The van der Waals surface area contributed by atoms with Crippen LogP contribution >= 0.6 is 11.6 Å². The van der Waals surface area contributed by atoms with Gasteiger partial charge in [-0.1, -0.05) is 23.7 Å². The average molecular weight is 375 g/mol. The lowest BCUT2D eigenvalue weighted by Gasteiger charge is -2.32. The molecule has 2 N–H and O–H groups in total. The Bertz CT molecular complexity index is 573. The quantitative estimate of drug-likeness (QED) is 0.779. The van der Waals surface area contributed by atoms with Gasteiger partial charge in [0, 0.05) is 10.6 Å². The lowest BCUT2D eigenvalue weighted by Crippen LogP contribution is -2.41. The van der Waals surface area contributed by atoms with E-state index in [-0.39, 0.29) is 5.56 Å². The van der Waals surface area contributed by atoms with Crippen LogP contribution in [0.2, 0.25) is 5.02 Å². The molecule has 0 aromatic heterocycles. The highest BCUT2D eigenvalue weighted by Crippen LogP contribution is 2.29. The molecule has 1 aromatic carbocycles. The molecule has 0 saturated carbocycles. The normalized spacial score (nSPS) is 16.5. The van der Waals surface area contributed by atoms with Gasteiger partial charge in [0.05, 0.1) is 6.54 Å². The number of hydrogen-bond donors (Lipinski definition) is 2. The molecule has 25 heavy (non-hydrogen) atoms. The summed E-state index contributed by atoms with van der Waals surface area (Å²) < 4.78 is 33.6. The van der Waals surface area contributed by atoms with Gasteiger partial charge < -0.3 is 15.4 Å². The van der Waals surface area contributed by atoms with E-state index in [1.165, 1.54) is 24.3 Å². The maximum Gasteiger partial charge on any atom is 0.407 e. The molecule has 2 rings (SSSR count). The zero-order valence-corrected chi connectivity index (χ0v) is 15.3. The first-order valence-corrected chi connectivity index (χ1v) is 8.87. The third-order valence-corrected chi connectivity index (χ3v) is 4.58. The highest BCUT2D eigenvalue weighted by Gasteiger charge is 2.34. The standard InChI is InChI=1S/C18H25ClF2N2O2/c1-17(2,11-13-7-9-22-10-8-13)25-16(24)23-12-18(20,21)14-3-5-15(19)6-4-14/h3-6,13,22H,7-12H2,1-2H3,(H,23,24). The Kier molecular flexibility index (Phi) is 6.63. The van der Waals surface area contributed by atoms with Gasteiger partial charge in [0.15, 0.2) is 0 Å². The summed E-state index contributed by atoms with van der Waals surface area (Å²) in [4.78, 5) is 11.9. The predicted molar refractivity (Wildman–Crippen MR) is 94.1 cm³/mol. The number of benzene rings is 1. The molecule has 0 radical (unpaired) electrons. The third kappa shape index (κ3) is 6.44. The van der Waals surface area contributed by atoms with Crippen molar-refractivity contribution < 1.29 is 18.3 Å². The van der Waals surface area contributed by atoms with Crippen LogP contribution in [-0.4, -0.2) is 31.3 Å². The van der Waals surface area contributed by atoms with Crippen LogP contribution in [0.5, 0.6) is 0 Å². The van der Waals surface area contributed by atoms with E-state index in [1.807, 2.05) is 13.8 Å². The number of piperidine rings is 1. The van der Waals surface area contributed by atoms with Crippen molar-refractivity contribution in [3.05, 3.63) is 34.9 Å². The van der Waals surface area contributed by atoms with Crippen LogP contribution in [0.3, 0.4) is 0 Å². The van der Waals surface area contributed by atoms with Gasteiger partial charge in [-0.15, -0.1) is 0 Å². The van der Waals surface area contributed by atoms with Gasteiger partial charge >= 0.3 is 6.09 Å². The van der Waals surface area contributed by atoms with Crippen LogP contribution < -0.4 is 10.6 Å². The molecule has 0 spiro atoms. The molecule has 1 aliphatic rings. The van der Waals surface area contributed by atoms with Crippen molar-refractivity contribution >= 4 is 17.7 Å². The zero-order valence-electron chi connectivity index (χ0n) is 14.6. The smallest absolute Gasteiger partial charge is 0.407 e. The van der Waals surface area contributed by atoms with E-state index in [0.717, 1.165) is 32.4 Å². The van der Waals surface area contributed by atoms with Crippen LogP contribution in [0.25, 0.3) is 0 Å². The SMILES string of the molecule is CC(C)(CC1CCNCC1)OC(=O)NCC(F)(F)c1ccc(Cl)cc1. The number of amides is 1. The summed E-state index contributed by atoms with van der Waals surface area (Å²) in [5.74, 6) is -2.72. The number of carbonyl (C=O) groups excluding carboxylic acids is 1. The summed E-state index contributed by atoms with van der Waals surface area (Å²) in [5, 5.41) is 5.84. The highest BCUT2D eigenvalue weighted by molar-refractivity contribution is 6.30. The van der Waals surface area contributed by atoms with Crippen molar-refractivity contribution in [2.75, 3.05) is 19.6 Å². The van der Waals surface area contributed by atoms with E-state index >= 15 is 0 Å². The van der Waals surface area contributed by atoms with Gasteiger partial charge in [-0.2, -0.15) is 8.78 Å². The van der Waals surface area contributed by atoms with Crippen molar-refractivity contribution in [2.24, 2.45) is 5.92 Å². The van der Waals surface area contributed by atoms with E-state index < -0.39 is 24.2 Å². The van der Waals surface area contributed by atoms with Crippen LogP contribution in [0.1, 0.15) is 38.7 Å². The minimum atomic E-state index is -3.19. The van der Waals surface area contributed by atoms with Crippen LogP contribution in [0.15, 0.2) is 24.3 Å². The Morgan fingerprint density at radius 2 is 1.88 bits per heavy atom. The fraction of sp³-hybridized carbons (Fsp3) is 0.611. The number of nitrogens with one attached hydrogen (secondary N) is 2. The van der Waals surface area contributed by atoms with Crippen LogP contribution in [-0.2, 0) is 10.7 Å². The van der Waals surface area contributed by atoms with Crippen molar-refractivity contribution in [1.82, 2.24) is 10.6 Å². The van der Waals surface area contributed by atoms with Crippen molar-refractivity contribution in [1.29, 1.82) is 0 Å². The minimum absolute atomic E-state index is 0.203. The van der Waals surface area contributed by atoms with Crippen LogP contribution in [0.4, 0.5) is 13.6 Å². The van der Waals surface area contributed by atoms with Gasteiger partial charge in [-0.25, -0.2) is 4.79 Å². The molecule has 0 unspecified atom stereocenters. The largest absolute Gasteiger partial charge is 0.444 e. The van der Waals surface area contributed by atoms with Gasteiger partial charge in [0.2, 0.25) is 0 Å². The summed E-state index contributed by atoms with van der Waals surface area (Å²) in [6.07, 6.45) is 1.95. The highest BCUT2D eigenvalue weighted by atomic mass is 35.5. The molecular weight excluding hydrogens is 350 g/mol. The van der Waals surface area contributed by atoms with Crippen molar-refractivity contribution in [2.45, 2.75) is 44.6 Å². The van der Waals surface area contributed by atoms with E-state index in [9.17, 15) is 13.6 Å². The molecule has 4 nitrogen and oxygen atoms in total. The molecule has 0 bridgehead atoms. The van der Waals surface area contributed by atoms with Gasteiger partial charge in [0.1, 0.15) is 5.60 Å². The maximum atomic E-state index is 14.1. The Labute approximate surface area is 152 Å². The predicted octanol–water partition coefficient (Wildman–Crippen LogP) is 4.33. The first-order chi connectivity index (χ1) is 11.7. The number of hydrogen-bond acceptors (Lipinski definition) is 3. The van der Waals surface area contributed by atoms with E-state index in [2.05, 4.69) is 10.6 Å². The first-order valence-electron chi connectivity index (χ1n) is 8.49. The topological polar surface area (TPSA) is 50.4 Å². The summed E-state index contributed by atoms with van der Waals surface area (Å²) in [7, 11) is 0. The minimum Gasteiger partial charge on any atom is -0.444 e. The zero-order chi connectivity index (χ0) is 18.5. The van der Waals surface area contributed by atoms with Crippen molar-refractivity contribution in [3.8, 4) is 0 Å². The molecule has 1 saturated heterocycles. The molecule has 1 amide bonds.